The number of fused-ring (bicyclic) bond motifs is 5. The van der Waals surface area contributed by atoms with Crippen molar-refractivity contribution in [1.82, 2.24) is 21.3 Å². The fourth-order valence-electron chi connectivity index (χ4n) is 4.78. The van der Waals surface area contributed by atoms with Crippen molar-refractivity contribution in [3.8, 4) is 22.6 Å². The van der Waals surface area contributed by atoms with Gasteiger partial charge in [-0.3, -0.25) is 9.59 Å². The molecule has 0 aliphatic carbocycles. The van der Waals surface area contributed by atoms with E-state index in [9.17, 15) is 39.3 Å². The number of phenolic OH excluding ortho intramolecular Hbond substituents is 2. The summed E-state index contributed by atoms with van der Waals surface area (Å²) in [7, 11) is 0. The maximum absolute atomic E-state index is 13.7. The van der Waals surface area contributed by atoms with Gasteiger partial charge in [0.05, 0.1) is 0 Å². The second kappa shape index (κ2) is 15.1. The van der Waals surface area contributed by atoms with E-state index < -0.39 is 59.3 Å². The molecule has 14 nitrogen and oxygen atoms in total. The van der Waals surface area contributed by atoms with Crippen LogP contribution in [0.3, 0.4) is 0 Å². The molecule has 14 heteroatoms. The first-order valence-electron chi connectivity index (χ1n) is 15.3. The lowest BCUT2D eigenvalue weighted by molar-refractivity contribution is -0.142. The van der Waals surface area contributed by atoms with Crippen LogP contribution in [0.15, 0.2) is 36.4 Å². The third-order valence-corrected chi connectivity index (χ3v) is 6.93. The van der Waals surface area contributed by atoms with Gasteiger partial charge in [-0.1, -0.05) is 12.1 Å². The molecule has 1 aliphatic heterocycles. The first kappa shape index (κ1) is 36.5. The molecule has 0 spiro atoms. The van der Waals surface area contributed by atoms with E-state index in [4.69, 9.17) is 9.47 Å². The van der Waals surface area contributed by atoms with E-state index in [0.717, 1.165) is 0 Å². The van der Waals surface area contributed by atoms with Gasteiger partial charge in [-0.15, -0.1) is 0 Å². The summed E-state index contributed by atoms with van der Waals surface area (Å²) in [4.78, 5) is 64.4. The highest BCUT2D eigenvalue weighted by Gasteiger charge is 2.32. The zero-order valence-corrected chi connectivity index (χ0v) is 27.4. The van der Waals surface area contributed by atoms with Gasteiger partial charge in [0.15, 0.2) is 0 Å². The van der Waals surface area contributed by atoms with Crippen LogP contribution in [0.4, 0.5) is 9.59 Å². The Morgan fingerprint density at radius 3 is 1.87 bits per heavy atom. The molecule has 2 aromatic carbocycles. The summed E-state index contributed by atoms with van der Waals surface area (Å²) in [5, 5.41) is 41.4. The molecule has 256 valence electrons. The summed E-state index contributed by atoms with van der Waals surface area (Å²) in [6, 6.07) is 5.09. The van der Waals surface area contributed by atoms with Crippen molar-refractivity contribution in [1.29, 1.82) is 0 Å². The first-order chi connectivity index (χ1) is 21.8. The van der Waals surface area contributed by atoms with Gasteiger partial charge < -0.3 is 46.1 Å². The quantitative estimate of drug-likeness (QED) is 0.226. The lowest BCUT2D eigenvalue weighted by Crippen LogP contribution is -2.56. The molecule has 7 N–H and O–H groups in total. The van der Waals surface area contributed by atoms with Gasteiger partial charge in [0.25, 0.3) is 0 Å². The Hall–Kier alpha value is -5.01. The molecular formula is C33H44N4O10. The Bertz CT molecular complexity index is 1500. The number of hydrogen-bond donors (Lipinski definition) is 7. The summed E-state index contributed by atoms with van der Waals surface area (Å²) in [5.74, 6) is -3.36. The van der Waals surface area contributed by atoms with E-state index in [1.807, 2.05) is 0 Å². The number of carbonyl (C=O) groups excluding carboxylic acids is 4. The molecule has 0 aromatic heterocycles. The molecule has 47 heavy (non-hydrogen) atoms. The number of carboxylic acid groups (broad SMARTS) is 1. The van der Waals surface area contributed by atoms with Crippen LogP contribution < -0.4 is 21.3 Å². The molecule has 3 atom stereocenters. The average molecular weight is 657 g/mol. The second-order valence-corrected chi connectivity index (χ2v) is 13.3. The fourth-order valence-corrected chi connectivity index (χ4v) is 4.78. The molecule has 3 rings (SSSR count). The van der Waals surface area contributed by atoms with Crippen molar-refractivity contribution in [3.63, 3.8) is 0 Å². The maximum Gasteiger partial charge on any atom is 0.408 e. The number of aromatic hydroxyl groups is 2. The van der Waals surface area contributed by atoms with Crippen LogP contribution in [0.1, 0.15) is 65.5 Å². The van der Waals surface area contributed by atoms with Crippen LogP contribution in [0.5, 0.6) is 11.5 Å². The first-order valence-corrected chi connectivity index (χ1v) is 15.3. The van der Waals surface area contributed by atoms with Gasteiger partial charge in [0.2, 0.25) is 11.8 Å². The monoisotopic (exact) mass is 656 g/mol. The van der Waals surface area contributed by atoms with Crippen LogP contribution in [-0.2, 0) is 36.7 Å². The Morgan fingerprint density at radius 1 is 0.809 bits per heavy atom. The van der Waals surface area contributed by atoms with Crippen LogP contribution in [0, 0.1) is 0 Å². The number of benzene rings is 2. The van der Waals surface area contributed by atoms with Crippen LogP contribution in [0.2, 0.25) is 0 Å². The highest BCUT2D eigenvalue weighted by atomic mass is 16.6. The molecule has 1 heterocycles. The van der Waals surface area contributed by atoms with Crippen LogP contribution in [-0.4, -0.2) is 81.2 Å². The van der Waals surface area contributed by atoms with Gasteiger partial charge in [0.1, 0.15) is 40.8 Å². The predicted octanol–water partition coefficient (Wildman–Crippen LogP) is 3.12. The van der Waals surface area contributed by atoms with Gasteiger partial charge in [0, 0.05) is 19.4 Å². The van der Waals surface area contributed by atoms with Crippen molar-refractivity contribution >= 4 is 30.0 Å². The number of hydrogen-bond acceptors (Lipinski definition) is 9. The largest absolute Gasteiger partial charge is 0.508 e. The Balaban J connectivity index is 2.01. The SMILES string of the molecule is CC(C)(C)OC(=O)NCCC[C@@H]1NC(=O)[C@@H](NC(=O)OC(C)(C)C)Cc2cc(ccc2O)-c2ccc(O)c(c2)C[C@@H](C(=O)O)NC1=O. The highest BCUT2D eigenvalue weighted by molar-refractivity contribution is 5.93. The fraction of sp³-hybridized carbons (Fsp3) is 0.485. The summed E-state index contributed by atoms with van der Waals surface area (Å²) in [5.41, 5.74) is 0.0539. The highest BCUT2D eigenvalue weighted by Crippen LogP contribution is 2.31. The Kier molecular flexibility index (Phi) is 11.7. The number of amides is 4. The minimum Gasteiger partial charge on any atom is -0.508 e. The van der Waals surface area contributed by atoms with E-state index in [2.05, 4.69) is 21.3 Å². The molecule has 0 radical (unpaired) electrons. The van der Waals surface area contributed by atoms with Crippen molar-refractivity contribution in [2.45, 2.75) is 96.6 Å². The normalized spacial score (nSPS) is 18.8. The molecule has 0 fully saturated rings. The van der Waals surface area contributed by atoms with Gasteiger partial charge in [-0.2, -0.15) is 0 Å². The summed E-state index contributed by atoms with van der Waals surface area (Å²) in [6.45, 7) is 10.1. The average Bonchev–Trinajstić information content (AvgIpc) is 2.93. The minimum absolute atomic E-state index is 0.0413. The van der Waals surface area contributed by atoms with E-state index in [1.165, 1.54) is 12.1 Å². The number of carbonyl (C=O) groups is 5. The molecule has 0 unspecified atom stereocenters. The number of alkyl carbamates (subject to hydrolysis) is 2. The third-order valence-electron chi connectivity index (χ3n) is 6.93. The van der Waals surface area contributed by atoms with E-state index >= 15 is 0 Å². The van der Waals surface area contributed by atoms with Crippen LogP contribution in [0.25, 0.3) is 11.1 Å². The van der Waals surface area contributed by atoms with E-state index in [0.29, 0.717) is 11.1 Å². The molecule has 0 saturated heterocycles. The molecule has 4 amide bonds. The summed E-state index contributed by atoms with van der Waals surface area (Å²) in [6.07, 6.45) is -1.95. The lowest BCUT2D eigenvalue weighted by atomic mass is 9.95. The molecule has 2 aromatic rings. The zero-order valence-electron chi connectivity index (χ0n) is 27.4. The smallest absolute Gasteiger partial charge is 0.408 e. The topological polar surface area (TPSA) is 213 Å². The number of rotatable bonds is 6. The summed E-state index contributed by atoms with van der Waals surface area (Å²) < 4.78 is 10.6. The number of phenols is 2. The van der Waals surface area contributed by atoms with Crippen LogP contribution >= 0.6 is 0 Å². The Morgan fingerprint density at radius 2 is 1.34 bits per heavy atom. The molecule has 4 bridgehead atoms. The minimum atomic E-state index is -1.49. The number of nitrogens with one attached hydrogen (secondary N) is 4. The lowest BCUT2D eigenvalue weighted by Gasteiger charge is -2.26. The van der Waals surface area contributed by atoms with E-state index in [1.54, 1.807) is 65.8 Å². The molecule has 0 saturated carbocycles. The van der Waals surface area contributed by atoms with Crippen molar-refractivity contribution in [2.24, 2.45) is 0 Å². The standard InChI is InChI=1S/C33H44N4O10/c1-32(2,3)46-30(44)34-13-7-8-22-27(40)36-24(29(42)43)17-21-15-19(10-12-26(21)39)18-9-11-25(38)20(14-18)16-23(28(41)35-22)37-31(45)47-33(4,5)6/h9-12,14-15,22-24,38-39H,7-8,13,16-17H2,1-6H3,(H,34,44)(H,35,41)(H,36,40)(H,37,45)(H,42,43)/t22-,23-,24-/m0/s1. The van der Waals surface area contributed by atoms with E-state index in [-0.39, 0.29) is 54.9 Å². The third kappa shape index (κ3) is 11.4. The zero-order chi connectivity index (χ0) is 35.1. The number of carboxylic acids is 1. The molecular weight excluding hydrogens is 612 g/mol. The second-order valence-electron chi connectivity index (χ2n) is 13.3. The van der Waals surface area contributed by atoms with Crippen molar-refractivity contribution < 1.29 is 48.8 Å². The number of ether oxygens (including phenoxy) is 2. The van der Waals surface area contributed by atoms with Gasteiger partial charge >= 0.3 is 18.2 Å². The maximum atomic E-state index is 13.7. The Labute approximate surface area is 273 Å². The summed E-state index contributed by atoms with van der Waals surface area (Å²) >= 11 is 0. The molecule has 1 aliphatic rings. The predicted molar refractivity (Wildman–Crippen MR) is 171 cm³/mol. The van der Waals surface area contributed by atoms with Crippen molar-refractivity contribution in [2.75, 3.05) is 6.54 Å². The van der Waals surface area contributed by atoms with Gasteiger partial charge in [-0.25, -0.2) is 14.4 Å². The number of aliphatic carboxylic acids is 1. The van der Waals surface area contributed by atoms with Crippen molar-refractivity contribution in [3.05, 3.63) is 47.5 Å². The van der Waals surface area contributed by atoms with Gasteiger partial charge in [-0.05, 0) is 101 Å².